The molecule has 0 amide bonds. The lowest BCUT2D eigenvalue weighted by atomic mass is 9.60. The molecular weight excluding hydrogens is 300 g/mol. The number of nitrogens with one attached hydrogen (secondary N) is 2. The van der Waals surface area contributed by atoms with E-state index in [0.29, 0.717) is 11.9 Å². The Morgan fingerprint density at radius 2 is 1.71 bits per heavy atom. The maximum Gasteiger partial charge on any atom is 0.240 e. The van der Waals surface area contributed by atoms with Gasteiger partial charge in [0.1, 0.15) is 29.7 Å². The molecule has 130 valence electrons. The van der Waals surface area contributed by atoms with E-state index in [4.69, 9.17) is 4.74 Å². The highest BCUT2D eigenvalue weighted by Gasteiger charge is 2.69. The van der Waals surface area contributed by atoms with Gasteiger partial charge < -0.3 is 4.74 Å². The van der Waals surface area contributed by atoms with E-state index < -0.39 is 0 Å². The van der Waals surface area contributed by atoms with Crippen molar-refractivity contribution >= 4 is 5.78 Å². The van der Waals surface area contributed by atoms with E-state index in [1.54, 1.807) is 9.80 Å². The second-order valence-electron chi connectivity index (χ2n) is 8.72. The van der Waals surface area contributed by atoms with Crippen LogP contribution >= 0.6 is 0 Å². The van der Waals surface area contributed by atoms with Gasteiger partial charge in [0.05, 0.1) is 24.8 Å². The molecule has 1 aromatic rings. The molecule has 0 spiro atoms. The highest BCUT2D eigenvalue weighted by molar-refractivity contribution is 5.91. The molecule has 0 aromatic heterocycles. The first-order valence-corrected chi connectivity index (χ1v) is 9.38. The highest BCUT2D eigenvalue weighted by Crippen LogP contribution is 2.38. The highest BCUT2D eigenvalue weighted by atomic mass is 16.5. The molecule has 2 atom stereocenters. The minimum atomic E-state index is -0.117. The standard InChI is InChI=1S/C20H28N2O2/c1-5-20-12-21-10-19(4,18(20)23)11-22(13-20)17(21)15-6-8-16(9-7-15)24-14(2)3/h6-9,14,17H,5,10-13H2,1-4H3/p+2. The summed E-state index contributed by atoms with van der Waals surface area (Å²) in [5.41, 5.74) is 1.19. The van der Waals surface area contributed by atoms with Crippen molar-refractivity contribution < 1.29 is 19.3 Å². The van der Waals surface area contributed by atoms with Gasteiger partial charge in [0, 0.05) is 0 Å². The number of ketones is 1. The molecule has 5 rings (SSSR count). The number of carbonyl (C=O) groups is 1. The van der Waals surface area contributed by atoms with Gasteiger partial charge in [-0.1, -0.05) is 6.92 Å². The van der Waals surface area contributed by atoms with Gasteiger partial charge in [-0.3, -0.25) is 14.6 Å². The molecule has 4 heteroatoms. The molecular formula is C20H30N2O2+2. The van der Waals surface area contributed by atoms with Crippen LogP contribution in [0, 0.1) is 10.8 Å². The van der Waals surface area contributed by atoms with Gasteiger partial charge in [-0.2, -0.15) is 0 Å². The summed E-state index contributed by atoms with van der Waals surface area (Å²) in [6, 6.07) is 8.66. The van der Waals surface area contributed by atoms with Crippen molar-refractivity contribution in [2.24, 2.45) is 10.8 Å². The summed E-state index contributed by atoms with van der Waals surface area (Å²) in [5, 5.41) is 0. The lowest BCUT2D eigenvalue weighted by molar-refractivity contribution is -1.18. The van der Waals surface area contributed by atoms with E-state index in [2.05, 4.69) is 52.0 Å². The van der Waals surface area contributed by atoms with Gasteiger partial charge in [-0.25, -0.2) is 0 Å². The maximum atomic E-state index is 13.0. The summed E-state index contributed by atoms with van der Waals surface area (Å²) in [7, 11) is 0. The zero-order valence-electron chi connectivity index (χ0n) is 15.3. The van der Waals surface area contributed by atoms with E-state index in [9.17, 15) is 4.79 Å². The van der Waals surface area contributed by atoms with E-state index in [0.717, 1.165) is 38.3 Å². The summed E-state index contributed by atoms with van der Waals surface area (Å²) in [6.45, 7) is 12.5. The summed E-state index contributed by atoms with van der Waals surface area (Å²) in [4.78, 5) is 16.2. The fourth-order valence-electron chi connectivity index (χ4n) is 5.67. The van der Waals surface area contributed by atoms with Crippen molar-refractivity contribution in [3.8, 4) is 5.75 Å². The predicted octanol–water partition coefficient (Wildman–Crippen LogP) is 0.255. The fraction of sp³-hybridized carbons (Fsp3) is 0.650. The van der Waals surface area contributed by atoms with Gasteiger partial charge in [0.25, 0.3) is 0 Å². The Bertz CT molecular complexity index is 636. The molecule has 2 N–H and O–H groups in total. The van der Waals surface area contributed by atoms with Crippen LogP contribution in [-0.4, -0.2) is 38.1 Å². The number of benzene rings is 1. The third-order valence-electron chi connectivity index (χ3n) is 6.47. The molecule has 4 saturated heterocycles. The molecule has 2 unspecified atom stereocenters. The zero-order chi connectivity index (χ0) is 17.1. The van der Waals surface area contributed by atoms with E-state index >= 15 is 0 Å². The average Bonchev–Trinajstić information content (AvgIpc) is 2.52. The van der Waals surface area contributed by atoms with Crippen molar-refractivity contribution in [3.63, 3.8) is 0 Å². The van der Waals surface area contributed by atoms with E-state index in [1.165, 1.54) is 5.56 Å². The second-order valence-corrected chi connectivity index (χ2v) is 8.72. The van der Waals surface area contributed by atoms with Crippen LogP contribution in [0.1, 0.15) is 45.8 Å². The molecule has 4 aliphatic rings. The zero-order valence-corrected chi connectivity index (χ0v) is 15.3. The number of hydrogen-bond acceptors (Lipinski definition) is 2. The number of piperidine rings is 2. The Labute approximate surface area is 144 Å². The topological polar surface area (TPSA) is 35.2 Å². The van der Waals surface area contributed by atoms with Crippen molar-refractivity contribution in [1.29, 1.82) is 0 Å². The molecule has 0 aliphatic carbocycles. The van der Waals surface area contributed by atoms with Gasteiger partial charge >= 0.3 is 0 Å². The van der Waals surface area contributed by atoms with Crippen LogP contribution in [0.25, 0.3) is 0 Å². The molecule has 4 fully saturated rings. The first kappa shape index (κ1) is 16.1. The van der Waals surface area contributed by atoms with Gasteiger partial charge in [0.2, 0.25) is 6.17 Å². The molecule has 4 nitrogen and oxygen atoms in total. The van der Waals surface area contributed by atoms with Crippen molar-refractivity contribution in [2.75, 3.05) is 26.2 Å². The third-order valence-corrected chi connectivity index (χ3v) is 6.47. The monoisotopic (exact) mass is 330 g/mol. The predicted molar refractivity (Wildman–Crippen MR) is 92.2 cm³/mol. The summed E-state index contributed by atoms with van der Waals surface area (Å²) < 4.78 is 5.78. The van der Waals surface area contributed by atoms with Crippen LogP contribution in [0.5, 0.6) is 5.75 Å². The first-order valence-electron chi connectivity index (χ1n) is 9.38. The quantitative estimate of drug-likeness (QED) is 0.830. The molecule has 4 aliphatic heterocycles. The van der Waals surface area contributed by atoms with E-state index in [1.807, 2.05) is 0 Å². The molecule has 0 radical (unpaired) electrons. The number of ether oxygens (including phenoxy) is 1. The molecule has 4 bridgehead atoms. The summed E-state index contributed by atoms with van der Waals surface area (Å²) >= 11 is 0. The Morgan fingerprint density at radius 3 is 2.21 bits per heavy atom. The lowest BCUT2D eigenvalue weighted by Crippen LogP contribution is -3.41. The number of Topliss-reactive ketones (excluding diaryl/α,β-unsaturated/α-hetero) is 1. The summed E-state index contributed by atoms with van der Waals surface area (Å²) in [5.74, 6) is 1.49. The normalized spacial score (nSPS) is 40.4. The number of quaternary nitrogens is 2. The maximum absolute atomic E-state index is 13.0. The SMILES string of the molecule is CCC12C[NH+]3CC(C)(C[NH+](C1)C3c1ccc(OC(C)C)cc1)C2=O. The Morgan fingerprint density at radius 1 is 1.12 bits per heavy atom. The van der Waals surface area contributed by atoms with Gasteiger partial charge in [0.15, 0.2) is 5.78 Å². The van der Waals surface area contributed by atoms with Crippen LogP contribution in [0.3, 0.4) is 0 Å². The number of rotatable bonds is 4. The van der Waals surface area contributed by atoms with Crippen LogP contribution in [0.2, 0.25) is 0 Å². The first-order chi connectivity index (χ1) is 11.4. The number of hydrogen-bond donors (Lipinski definition) is 2. The minimum Gasteiger partial charge on any atom is -0.491 e. The molecule has 24 heavy (non-hydrogen) atoms. The van der Waals surface area contributed by atoms with Crippen LogP contribution < -0.4 is 14.5 Å². The van der Waals surface area contributed by atoms with Crippen molar-refractivity contribution in [1.82, 2.24) is 0 Å². The van der Waals surface area contributed by atoms with Gasteiger partial charge in [-0.05, 0) is 51.5 Å². The molecule has 1 aromatic carbocycles. The van der Waals surface area contributed by atoms with Crippen LogP contribution in [-0.2, 0) is 4.79 Å². The Balaban J connectivity index is 1.62. The van der Waals surface area contributed by atoms with Crippen molar-refractivity contribution in [2.45, 2.75) is 46.4 Å². The van der Waals surface area contributed by atoms with E-state index in [-0.39, 0.29) is 16.9 Å². The third kappa shape index (κ3) is 2.23. The average molecular weight is 330 g/mol. The smallest absolute Gasteiger partial charge is 0.240 e. The van der Waals surface area contributed by atoms with Crippen LogP contribution in [0.15, 0.2) is 24.3 Å². The lowest BCUT2D eigenvalue weighted by Gasteiger charge is -2.59. The molecule has 4 heterocycles. The molecule has 0 saturated carbocycles. The minimum absolute atomic E-state index is 0.0763. The Hall–Kier alpha value is -1.39. The largest absolute Gasteiger partial charge is 0.491 e. The fourth-order valence-corrected chi connectivity index (χ4v) is 5.67. The number of carbonyl (C=O) groups excluding carboxylic acids is 1. The van der Waals surface area contributed by atoms with Gasteiger partial charge in [-0.15, -0.1) is 0 Å². The summed E-state index contributed by atoms with van der Waals surface area (Å²) in [6.07, 6.45) is 1.66. The second kappa shape index (κ2) is 5.30. The Kier molecular flexibility index (Phi) is 3.56. The van der Waals surface area contributed by atoms with Crippen LogP contribution in [0.4, 0.5) is 0 Å². The van der Waals surface area contributed by atoms with Crippen molar-refractivity contribution in [3.05, 3.63) is 29.8 Å².